The predicted molar refractivity (Wildman–Crippen MR) is 65.0 cm³/mol. The molecule has 1 aromatic carbocycles. The quantitative estimate of drug-likeness (QED) is 0.456. The van der Waals surface area contributed by atoms with E-state index >= 15 is 0 Å². The number of anilines is 1. The van der Waals surface area contributed by atoms with Crippen LogP contribution >= 0.6 is 0 Å². The van der Waals surface area contributed by atoms with Gasteiger partial charge in [-0.1, -0.05) is 31.9 Å². The number of esters is 1. The smallest absolute Gasteiger partial charge is 0.310 e. The zero-order valence-electron chi connectivity index (χ0n) is 9.74. The maximum atomic E-state index is 11.4. The molecule has 16 heavy (non-hydrogen) atoms. The van der Waals surface area contributed by atoms with Gasteiger partial charge in [0.05, 0.1) is 13.0 Å². The van der Waals surface area contributed by atoms with Crippen LogP contribution in [-0.4, -0.2) is 12.6 Å². The van der Waals surface area contributed by atoms with E-state index in [1.165, 1.54) is 0 Å². The standard InChI is InChI=1S/C13H19NO2/c1-2-3-4-9-16-13(15)10-11-5-7-12(14)8-6-11/h5-8H,2-4,9-10,14H2,1H3. The van der Waals surface area contributed by atoms with Crippen molar-refractivity contribution in [1.82, 2.24) is 0 Å². The third-order valence-corrected chi connectivity index (χ3v) is 2.34. The fraction of sp³-hybridized carbons (Fsp3) is 0.462. The Hall–Kier alpha value is -1.51. The van der Waals surface area contributed by atoms with E-state index in [1.807, 2.05) is 12.1 Å². The normalized spacial score (nSPS) is 10.1. The van der Waals surface area contributed by atoms with Crippen molar-refractivity contribution in [2.24, 2.45) is 0 Å². The number of rotatable bonds is 6. The summed E-state index contributed by atoms with van der Waals surface area (Å²) < 4.78 is 5.11. The van der Waals surface area contributed by atoms with Crippen LogP contribution in [0.5, 0.6) is 0 Å². The van der Waals surface area contributed by atoms with Crippen LogP contribution in [0.3, 0.4) is 0 Å². The van der Waals surface area contributed by atoms with Crippen molar-refractivity contribution in [3.8, 4) is 0 Å². The fourth-order valence-corrected chi connectivity index (χ4v) is 1.39. The van der Waals surface area contributed by atoms with E-state index in [2.05, 4.69) is 6.92 Å². The molecule has 0 fully saturated rings. The Kier molecular flexibility index (Phi) is 5.40. The molecule has 88 valence electrons. The molecule has 0 unspecified atom stereocenters. The molecule has 2 N–H and O–H groups in total. The van der Waals surface area contributed by atoms with Crippen molar-refractivity contribution in [1.29, 1.82) is 0 Å². The number of hydrogen-bond acceptors (Lipinski definition) is 3. The fourth-order valence-electron chi connectivity index (χ4n) is 1.39. The molecule has 0 heterocycles. The van der Waals surface area contributed by atoms with Crippen LogP contribution in [0, 0.1) is 0 Å². The highest BCUT2D eigenvalue weighted by Crippen LogP contribution is 2.07. The van der Waals surface area contributed by atoms with E-state index in [0.717, 1.165) is 24.8 Å². The first-order chi connectivity index (χ1) is 7.72. The maximum absolute atomic E-state index is 11.4. The third-order valence-electron chi connectivity index (χ3n) is 2.34. The summed E-state index contributed by atoms with van der Waals surface area (Å²) in [5.74, 6) is -0.166. The molecule has 0 aliphatic carbocycles. The van der Waals surface area contributed by atoms with Crippen LogP contribution < -0.4 is 5.73 Å². The topological polar surface area (TPSA) is 52.3 Å². The van der Waals surface area contributed by atoms with Crippen LogP contribution in [0.15, 0.2) is 24.3 Å². The molecular formula is C13H19NO2. The molecule has 0 radical (unpaired) electrons. The van der Waals surface area contributed by atoms with Crippen molar-refractivity contribution >= 4 is 11.7 Å². The molecule has 3 nitrogen and oxygen atoms in total. The van der Waals surface area contributed by atoms with Crippen LogP contribution in [0.25, 0.3) is 0 Å². The van der Waals surface area contributed by atoms with Gasteiger partial charge in [0.15, 0.2) is 0 Å². The number of carbonyl (C=O) groups excluding carboxylic acids is 1. The Labute approximate surface area is 96.6 Å². The van der Waals surface area contributed by atoms with Gasteiger partial charge in [-0.3, -0.25) is 4.79 Å². The highest BCUT2D eigenvalue weighted by molar-refractivity contribution is 5.72. The van der Waals surface area contributed by atoms with Crippen molar-refractivity contribution in [3.05, 3.63) is 29.8 Å². The van der Waals surface area contributed by atoms with Crippen LogP contribution in [0.4, 0.5) is 5.69 Å². The van der Waals surface area contributed by atoms with Gasteiger partial charge < -0.3 is 10.5 Å². The second-order valence-corrected chi connectivity index (χ2v) is 3.85. The summed E-state index contributed by atoms with van der Waals surface area (Å²) in [6, 6.07) is 7.28. The molecule has 0 aliphatic rings. The van der Waals surface area contributed by atoms with Gasteiger partial charge in [-0.05, 0) is 24.1 Å². The van der Waals surface area contributed by atoms with E-state index in [1.54, 1.807) is 12.1 Å². The monoisotopic (exact) mass is 221 g/mol. The van der Waals surface area contributed by atoms with Crippen molar-refractivity contribution < 1.29 is 9.53 Å². The van der Waals surface area contributed by atoms with Gasteiger partial charge in [-0.2, -0.15) is 0 Å². The average Bonchev–Trinajstić information content (AvgIpc) is 2.28. The zero-order chi connectivity index (χ0) is 11.8. The number of nitrogen functional groups attached to an aromatic ring is 1. The van der Waals surface area contributed by atoms with Gasteiger partial charge in [-0.15, -0.1) is 0 Å². The minimum atomic E-state index is -0.166. The predicted octanol–water partition coefficient (Wildman–Crippen LogP) is 2.54. The first kappa shape index (κ1) is 12.6. The second kappa shape index (κ2) is 6.88. The maximum Gasteiger partial charge on any atom is 0.310 e. The summed E-state index contributed by atoms with van der Waals surface area (Å²) >= 11 is 0. The van der Waals surface area contributed by atoms with E-state index in [0.29, 0.717) is 18.7 Å². The highest BCUT2D eigenvalue weighted by Gasteiger charge is 2.03. The number of carbonyl (C=O) groups is 1. The van der Waals surface area contributed by atoms with E-state index < -0.39 is 0 Å². The summed E-state index contributed by atoms with van der Waals surface area (Å²) in [5.41, 5.74) is 7.20. The Balaban J connectivity index is 2.26. The Morgan fingerprint density at radius 2 is 1.94 bits per heavy atom. The van der Waals surface area contributed by atoms with E-state index in [9.17, 15) is 4.79 Å². The van der Waals surface area contributed by atoms with E-state index in [-0.39, 0.29) is 5.97 Å². The second-order valence-electron chi connectivity index (χ2n) is 3.85. The minimum Gasteiger partial charge on any atom is -0.465 e. The summed E-state index contributed by atoms with van der Waals surface area (Å²) in [5, 5.41) is 0. The van der Waals surface area contributed by atoms with Crippen molar-refractivity contribution in [2.75, 3.05) is 12.3 Å². The molecule has 1 aromatic rings. The molecule has 0 atom stereocenters. The van der Waals surface area contributed by atoms with Gasteiger partial charge in [0.25, 0.3) is 0 Å². The zero-order valence-corrected chi connectivity index (χ0v) is 9.74. The molecule has 3 heteroatoms. The van der Waals surface area contributed by atoms with Gasteiger partial charge in [0.2, 0.25) is 0 Å². The molecule has 0 amide bonds. The lowest BCUT2D eigenvalue weighted by atomic mass is 10.1. The summed E-state index contributed by atoms with van der Waals surface area (Å²) in [7, 11) is 0. The lowest BCUT2D eigenvalue weighted by molar-refractivity contribution is -0.142. The molecule has 0 aliphatic heterocycles. The Morgan fingerprint density at radius 3 is 2.56 bits per heavy atom. The number of unbranched alkanes of at least 4 members (excludes halogenated alkanes) is 2. The summed E-state index contributed by atoms with van der Waals surface area (Å²) in [6.07, 6.45) is 3.51. The minimum absolute atomic E-state index is 0.166. The largest absolute Gasteiger partial charge is 0.465 e. The molecule has 1 rings (SSSR count). The van der Waals surface area contributed by atoms with Gasteiger partial charge in [-0.25, -0.2) is 0 Å². The number of benzene rings is 1. The molecule has 0 aromatic heterocycles. The van der Waals surface area contributed by atoms with Crippen LogP contribution in [0.2, 0.25) is 0 Å². The number of hydrogen-bond donors (Lipinski definition) is 1. The van der Waals surface area contributed by atoms with E-state index in [4.69, 9.17) is 10.5 Å². The lowest BCUT2D eigenvalue weighted by Gasteiger charge is -2.04. The van der Waals surface area contributed by atoms with Gasteiger partial charge in [0.1, 0.15) is 0 Å². The lowest BCUT2D eigenvalue weighted by Crippen LogP contribution is -2.09. The molecular weight excluding hydrogens is 202 g/mol. The SMILES string of the molecule is CCCCCOC(=O)Cc1ccc(N)cc1. The Morgan fingerprint density at radius 1 is 1.25 bits per heavy atom. The van der Waals surface area contributed by atoms with Crippen LogP contribution in [0.1, 0.15) is 31.7 Å². The van der Waals surface area contributed by atoms with Gasteiger partial charge in [0, 0.05) is 5.69 Å². The number of nitrogens with two attached hydrogens (primary N) is 1. The first-order valence-corrected chi connectivity index (χ1v) is 5.72. The summed E-state index contributed by atoms with van der Waals surface area (Å²) in [4.78, 5) is 11.4. The Bertz CT molecular complexity index is 319. The molecule has 0 bridgehead atoms. The molecule has 0 saturated carbocycles. The van der Waals surface area contributed by atoms with Crippen molar-refractivity contribution in [2.45, 2.75) is 32.6 Å². The molecule has 0 spiro atoms. The van der Waals surface area contributed by atoms with Crippen molar-refractivity contribution in [3.63, 3.8) is 0 Å². The number of ether oxygens (including phenoxy) is 1. The van der Waals surface area contributed by atoms with Gasteiger partial charge >= 0.3 is 5.97 Å². The first-order valence-electron chi connectivity index (χ1n) is 5.72. The summed E-state index contributed by atoms with van der Waals surface area (Å²) in [6.45, 7) is 2.65. The highest BCUT2D eigenvalue weighted by atomic mass is 16.5. The third kappa shape index (κ3) is 4.82. The average molecular weight is 221 g/mol. The molecule has 0 saturated heterocycles. The van der Waals surface area contributed by atoms with Crippen LogP contribution in [-0.2, 0) is 16.0 Å².